The number of hydrogen-bond donors (Lipinski definition) is 0. The highest BCUT2D eigenvalue weighted by molar-refractivity contribution is 7.07. The molecule has 206 valence electrons. The summed E-state index contributed by atoms with van der Waals surface area (Å²) >= 11 is 1.25. The van der Waals surface area contributed by atoms with Gasteiger partial charge in [0.15, 0.2) is 27.8 Å². The molecule has 0 aliphatic carbocycles. The van der Waals surface area contributed by atoms with Crippen LogP contribution in [0.25, 0.3) is 6.08 Å². The molecule has 0 saturated carbocycles. The molecule has 39 heavy (non-hydrogen) atoms. The molecule has 4 rings (SSSR count). The van der Waals surface area contributed by atoms with Crippen LogP contribution in [0.4, 0.5) is 0 Å². The van der Waals surface area contributed by atoms with E-state index in [9.17, 15) is 9.59 Å². The second kappa shape index (κ2) is 12.2. The van der Waals surface area contributed by atoms with Gasteiger partial charge < -0.3 is 23.7 Å². The molecule has 0 unspecified atom stereocenters. The van der Waals surface area contributed by atoms with Gasteiger partial charge in [0.1, 0.15) is 0 Å². The lowest BCUT2D eigenvalue weighted by molar-refractivity contribution is -0.139. The number of aromatic nitrogens is 1. The number of carbonyl (C=O) groups excluding carboxylic acids is 1. The summed E-state index contributed by atoms with van der Waals surface area (Å²) in [6.45, 7) is 8.35. The number of methoxy groups -OCH3 is 2. The number of allylic oxidation sites excluding steroid dienone is 1. The zero-order chi connectivity index (χ0) is 28.1. The number of rotatable bonds is 10. The maximum Gasteiger partial charge on any atom is 0.338 e. The molecule has 0 bridgehead atoms. The number of esters is 1. The van der Waals surface area contributed by atoms with Gasteiger partial charge in [0.05, 0.1) is 55.9 Å². The van der Waals surface area contributed by atoms with Gasteiger partial charge in [-0.25, -0.2) is 9.79 Å². The van der Waals surface area contributed by atoms with Crippen LogP contribution >= 0.6 is 11.3 Å². The Kier molecular flexibility index (Phi) is 8.75. The molecule has 2 aromatic carbocycles. The van der Waals surface area contributed by atoms with Crippen LogP contribution in [0.3, 0.4) is 0 Å². The highest BCUT2D eigenvalue weighted by atomic mass is 32.1. The van der Waals surface area contributed by atoms with Gasteiger partial charge in [-0.2, -0.15) is 0 Å². The maximum absolute atomic E-state index is 13.9. The van der Waals surface area contributed by atoms with Crippen molar-refractivity contribution >= 4 is 23.4 Å². The minimum Gasteiger partial charge on any atom is -0.493 e. The SMILES string of the molecule is CCOC(=O)C1=C(C)N=c2sc(=Cc3ccc(OC)c(OCC)c3)c(=O)n2[C@H]1c1ccc(OC)c(OCC)c1. The molecule has 0 saturated heterocycles. The van der Waals surface area contributed by atoms with Gasteiger partial charge in [0, 0.05) is 0 Å². The monoisotopic (exact) mass is 552 g/mol. The molecule has 1 aliphatic heterocycles. The van der Waals surface area contributed by atoms with Crippen LogP contribution in [0, 0.1) is 0 Å². The molecule has 10 heteroatoms. The lowest BCUT2D eigenvalue weighted by Crippen LogP contribution is -2.40. The van der Waals surface area contributed by atoms with E-state index in [0.29, 0.717) is 62.4 Å². The topological polar surface area (TPSA) is 97.6 Å². The number of carbonyl (C=O) groups is 1. The van der Waals surface area contributed by atoms with Crippen LogP contribution in [0.5, 0.6) is 23.0 Å². The number of nitrogens with zero attached hydrogens (tertiary/aromatic N) is 2. The van der Waals surface area contributed by atoms with Gasteiger partial charge in [0.25, 0.3) is 5.56 Å². The van der Waals surface area contributed by atoms with Gasteiger partial charge >= 0.3 is 5.97 Å². The molecular formula is C29H32N2O7S. The minimum atomic E-state index is -0.762. The van der Waals surface area contributed by atoms with Gasteiger partial charge in [0.2, 0.25) is 0 Å². The first-order chi connectivity index (χ1) is 18.9. The average Bonchev–Trinajstić information content (AvgIpc) is 3.22. The van der Waals surface area contributed by atoms with Crippen molar-refractivity contribution in [3.63, 3.8) is 0 Å². The van der Waals surface area contributed by atoms with Crippen molar-refractivity contribution in [2.45, 2.75) is 33.7 Å². The molecule has 1 atom stereocenters. The number of hydrogen-bond acceptors (Lipinski definition) is 9. The fourth-order valence-corrected chi connectivity index (χ4v) is 5.49. The predicted octanol–water partition coefficient (Wildman–Crippen LogP) is 3.61. The Balaban J connectivity index is 1.93. The summed E-state index contributed by atoms with van der Waals surface area (Å²) in [7, 11) is 3.14. The lowest BCUT2D eigenvalue weighted by atomic mass is 9.95. The Morgan fingerprint density at radius 1 is 0.949 bits per heavy atom. The Morgan fingerprint density at radius 3 is 2.21 bits per heavy atom. The molecule has 1 aliphatic rings. The summed E-state index contributed by atoms with van der Waals surface area (Å²) in [6, 6.07) is 10.1. The van der Waals surface area contributed by atoms with Gasteiger partial charge in [-0.15, -0.1) is 0 Å². The second-order valence-corrected chi connectivity index (χ2v) is 9.50. The van der Waals surface area contributed by atoms with E-state index in [4.69, 9.17) is 23.7 Å². The van der Waals surface area contributed by atoms with Crippen molar-refractivity contribution in [3.05, 3.63) is 78.5 Å². The van der Waals surface area contributed by atoms with Crippen LogP contribution < -0.4 is 33.8 Å². The summed E-state index contributed by atoms with van der Waals surface area (Å²) in [4.78, 5) is 32.2. The molecular weight excluding hydrogens is 520 g/mol. The smallest absolute Gasteiger partial charge is 0.338 e. The molecule has 0 radical (unpaired) electrons. The normalized spacial score (nSPS) is 14.9. The maximum atomic E-state index is 13.9. The zero-order valence-corrected chi connectivity index (χ0v) is 23.7. The van der Waals surface area contributed by atoms with E-state index in [0.717, 1.165) is 5.56 Å². The summed E-state index contributed by atoms with van der Waals surface area (Å²) in [6.07, 6.45) is 1.78. The van der Waals surface area contributed by atoms with Crippen molar-refractivity contribution in [2.75, 3.05) is 34.0 Å². The lowest BCUT2D eigenvalue weighted by Gasteiger charge is -2.25. The third kappa shape index (κ3) is 5.56. The van der Waals surface area contributed by atoms with Crippen LogP contribution in [-0.4, -0.2) is 44.6 Å². The van der Waals surface area contributed by atoms with Crippen LogP contribution in [0.2, 0.25) is 0 Å². The Labute approximate surface area is 230 Å². The van der Waals surface area contributed by atoms with E-state index in [1.165, 1.54) is 11.3 Å². The van der Waals surface area contributed by atoms with E-state index in [1.807, 2.05) is 32.0 Å². The Bertz CT molecular complexity index is 1590. The Hall–Kier alpha value is -4.05. The van der Waals surface area contributed by atoms with Gasteiger partial charge in [-0.1, -0.05) is 23.5 Å². The first-order valence-corrected chi connectivity index (χ1v) is 13.5. The standard InChI is InChI=1S/C29H32N2O7S/c1-7-36-22-14-18(10-12-20(22)34-5)15-24-27(32)31-26(19-11-13-21(35-6)23(16-19)37-8-2)25(28(33)38-9-3)17(4)30-29(31)39-24/h10-16,26H,7-9H2,1-6H3/t26-/m0/s1. The molecule has 2 heterocycles. The molecule has 0 amide bonds. The van der Waals surface area contributed by atoms with E-state index >= 15 is 0 Å². The third-order valence-electron chi connectivity index (χ3n) is 6.11. The minimum absolute atomic E-state index is 0.194. The summed E-state index contributed by atoms with van der Waals surface area (Å²) in [5.74, 6) is 1.73. The predicted molar refractivity (Wildman–Crippen MR) is 149 cm³/mol. The Morgan fingerprint density at radius 2 is 1.59 bits per heavy atom. The molecule has 3 aromatic rings. The molecule has 0 N–H and O–H groups in total. The van der Waals surface area contributed by atoms with Crippen molar-refractivity contribution in [2.24, 2.45) is 4.99 Å². The third-order valence-corrected chi connectivity index (χ3v) is 7.09. The zero-order valence-electron chi connectivity index (χ0n) is 22.9. The highest BCUT2D eigenvalue weighted by Crippen LogP contribution is 2.36. The fraction of sp³-hybridized carbons (Fsp3) is 0.345. The van der Waals surface area contributed by atoms with E-state index in [1.54, 1.807) is 56.9 Å². The van der Waals surface area contributed by atoms with E-state index in [2.05, 4.69) is 4.99 Å². The molecule has 1 aromatic heterocycles. The fourth-order valence-electron chi connectivity index (χ4n) is 4.44. The van der Waals surface area contributed by atoms with E-state index < -0.39 is 12.0 Å². The van der Waals surface area contributed by atoms with E-state index in [-0.39, 0.29) is 12.2 Å². The van der Waals surface area contributed by atoms with Crippen molar-refractivity contribution < 1.29 is 28.5 Å². The number of fused-ring (bicyclic) bond motifs is 1. The highest BCUT2D eigenvalue weighted by Gasteiger charge is 2.34. The largest absolute Gasteiger partial charge is 0.493 e. The summed E-state index contributed by atoms with van der Waals surface area (Å²) < 4.78 is 29.7. The van der Waals surface area contributed by atoms with Crippen LogP contribution in [0.1, 0.15) is 44.9 Å². The number of thiazole rings is 1. The number of benzene rings is 2. The van der Waals surface area contributed by atoms with Gasteiger partial charge in [-0.3, -0.25) is 9.36 Å². The molecule has 9 nitrogen and oxygen atoms in total. The van der Waals surface area contributed by atoms with Crippen molar-refractivity contribution in [1.29, 1.82) is 0 Å². The average molecular weight is 553 g/mol. The molecule has 0 spiro atoms. The quantitative estimate of drug-likeness (QED) is 0.355. The second-order valence-electron chi connectivity index (χ2n) is 8.49. The summed E-state index contributed by atoms with van der Waals surface area (Å²) in [5, 5.41) is 0. The van der Waals surface area contributed by atoms with Crippen LogP contribution in [-0.2, 0) is 9.53 Å². The summed E-state index contributed by atoms with van der Waals surface area (Å²) in [5.41, 5.74) is 1.95. The van der Waals surface area contributed by atoms with Crippen LogP contribution in [0.15, 0.2) is 57.5 Å². The van der Waals surface area contributed by atoms with Gasteiger partial charge in [-0.05, 0) is 69.2 Å². The molecule has 0 fully saturated rings. The van der Waals surface area contributed by atoms with Crippen molar-refractivity contribution in [3.8, 4) is 23.0 Å². The number of ether oxygens (including phenoxy) is 5. The first-order valence-electron chi connectivity index (χ1n) is 12.7. The first kappa shape index (κ1) is 28.0. The van der Waals surface area contributed by atoms with Crippen molar-refractivity contribution in [1.82, 2.24) is 4.57 Å².